The Balaban J connectivity index is 2.34. The first-order valence-corrected chi connectivity index (χ1v) is 7.60. The molecule has 0 amide bonds. The Bertz CT molecular complexity index is 468. The molecule has 0 bridgehead atoms. The Kier molecular flexibility index (Phi) is 4.22. The van der Waals surface area contributed by atoms with Gasteiger partial charge in [0.2, 0.25) is 0 Å². The van der Waals surface area contributed by atoms with Gasteiger partial charge in [-0.1, -0.05) is 13.0 Å². The summed E-state index contributed by atoms with van der Waals surface area (Å²) < 4.78 is 6.27. The smallest absolute Gasteiger partial charge is 0.0681 e. The summed E-state index contributed by atoms with van der Waals surface area (Å²) in [6.45, 7) is 14.0. The maximum Gasteiger partial charge on any atom is 0.0681 e. The van der Waals surface area contributed by atoms with Crippen LogP contribution < -0.4 is 5.32 Å². The average Bonchev–Trinajstić information content (AvgIpc) is 2.54. The average molecular weight is 276 g/mol. The molecule has 1 N–H and O–H groups in total. The van der Waals surface area contributed by atoms with Gasteiger partial charge in [-0.2, -0.15) is 0 Å². The van der Waals surface area contributed by atoms with Crippen LogP contribution in [0.1, 0.15) is 58.2 Å². The van der Waals surface area contributed by atoms with Gasteiger partial charge in [-0.15, -0.1) is 0 Å². The van der Waals surface area contributed by atoms with E-state index >= 15 is 0 Å². The van der Waals surface area contributed by atoms with Crippen molar-refractivity contribution in [3.05, 3.63) is 29.6 Å². The number of rotatable bonds is 4. The van der Waals surface area contributed by atoms with Crippen molar-refractivity contribution in [3.8, 4) is 0 Å². The van der Waals surface area contributed by atoms with Gasteiger partial charge in [0, 0.05) is 24.4 Å². The van der Waals surface area contributed by atoms with E-state index in [1.54, 1.807) is 0 Å². The molecule has 1 saturated heterocycles. The van der Waals surface area contributed by atoms with Crippen molar-refractivity contribution in [2.45, 2.75) is 65.2 Å². The third-order valence-electron chi connectivity index (χ3n) is 4.23. The van der Waals surface area contributed by atoms with Gasteiger partial charge in [0.05, 0.1) is 11.2 Å². The first-order chi connectivity index (χ1) is 9.25. The predicted molar refractivity (Wildman–Crippen MR) is 82.7 cm³/mol. The quantitative estimate of drug-likeness (QED) is 0.911. The van der Waals surface area contributed by atoms with E-state index in [-0.39, 0.29) is 11.2 Å². The number of aryl methyl sites for hydroxylation is 1. The van der Waals surface area contributed by atoms with Crippen LogP contribution in [0.15, 0.2) is 18.5 Å². The molecule has 2 unspecified atom stereocenters. The second-order valence-electron chi connectivity index (χ2n) is 7.11. The SMILES string of the molecule is CCNC(c1cncc(C)c1)C1CC(C)(C)OC1(C)C. The number of hydrogen-bond donors (Lipinski definition) is 1. The van der Waals surface area contributed by atoms with E-state index in [0.717, 1.165) is 13.0 Å². The topological polar surface area (TPSA) is 34.2 Å². The Hall–Kier alpha value is -0.930. The number of ether oxygens (including phenoxy) is 1. The van der Waals surface area contributed by atoms with Crippen molar-refractivity contribution in [3.63, 3.8) is 0 Å². The van der Waals surface area contributed by atoms with Gasteiger partial charge in [0.15, 0.2) is 0 Å². The predicted octanol–water partition coefficient (Wildman–Crippen LogP) is 3.63. The molecule has 3 heteroatoms. The molecule has 3 nitrogen and oxygen atoms in total. The Morgan fingerprint density at radius 1 is 1.35 bits per heavy atom. The van der Waals surface area contributed by atoms with E-state index < -0.39 is 0 Å². The zero-order valence-corrected chi connectivity index (χ0v) is 13.7. The molecule has 2 atom stereocenters. The third kappa shape index (κ3) is 3.21. The number of nitrogens with zero attached hydrogens (tertiary/aromatic N) is 1. The molecule has 20 heavy (non-hydrogen) atoms. The van der Waals surface area contributed by atoms with Crippen LogP contribution in [-0.2, 0) is 4.74 Å². The molecule has 1 aromatic heterocycles. The molecule has 1 aromatic rings. The fourth-order valence-corrected chi connectivity index (χ4v) is 3.58. The van der Waals surface area contributed by atoms with Crippen molar-refractivity contribution in [2.75, 3.05) is 6.54 Å². The van der Waals surface area contributed by atoms with E-state index in [1.807, 2.05) is 12.4 Å². The van der Waals surface area contributed by atoms with Crippen LogP contribution in [0.2, 0.25) is 0 Å². The highest BCUT2D eigenvalue weighted by atomic mass is 16.5. The number of hydrogen-bond acceptors (Lipinski definition) is 3. The molecular weight excluding hydrogens is 248 g/mol. The zero-order chi connectivity index (χ0) is 15.0. The maximum absolute atomic E-state index is 6.27. The highest BCUT2D eigenvalue weighted by molar-refractivity contribution is 5.22. The number of pyridine rings is 1. The largest absolute Gasteiger partial charge is 0.369 e. The Morgan fingerprint density at radius 2 is 2.05 bits per heavy atom. The van der Waals surface area contributed by atoms with Gasteiger partial charge in [0.1, 0.15) is 0 Å². The maximum atomic E-state index is 6.27. The van der Waals surface area contributed by atoms with Crippen LogP contribution in [0.3, 0.4) is 0 Å². The van der Waals surface area contributed by atoms with Gasteiger partial charge in [-0.25, -0.2) is 0 Å². The van der Waals surface area contributed by atoms with Crippen molar-refractivity contribution in [2.24, 2.45) is 5.92 Å². The summed E-state index contributed by atoms with van der Waals surface area (Å²) in [4.78, 5) is 4.36. The van der Waals surface area contributed by atoms with E-state index in [4.69, 9.17) is 4.74 Å². The molecule has 2 rings (SSSR count). The van der Waals surface area contributed by atoms with Crippen LogP contribution in [0, 0.1) is 12.8 Å². The van der Waals surface area contributed by atoms with Crippen molar-refractivity contribution < 1.29 is 4.74 Å². The van der Waals surface area contributed by atoms with Gasteiger partial charge in [-0.3, -0.25) is 4.98 Å². The van der Waals surface area contributed by atoms with E-state index in [1.165, 1.54) is 11.1 Å². The monoisotopic (exact) mass is 276 g/mol. The second kappa shape index (κ2) is 5.45. The molecule has 0 radical (unpaired) electrons. The lowest BCUT2D eigenvalue weighted by Gasteiger charge is -2.33. The minimum Gasteiger partial charge on any atom is -0.369 e. The van der Waals surface area contributed by atoms with Gasteiger partial charge >= 0.3 is 0 Å². The van der Waals surface area contributed by atoms with Crippen molar-refractivity contribution in [1.82, 2.24) is 10.3 Å². The minimum absolute atomic E-state index is 0.0565. The molecule has 0 aromatic carbocycles. The van der Waals surface area contributed by atoms with Crippen LogP contribution in [-0.4, -0.2) is 22.7 Å². The summed E-state index contributed by atoms with van der Waals surface area (Å²) in [6.07, 6.45) is 4.96. The van der Waals surface area contributed by atoms with Crippen molar-refractivity contribution >= 4 is 0 Å². The number of nitrogens with one attached hydrogen (secondary N) is 1. The zero-order valence-electron chi connectivity index (χ0n) is 13.7. The van der Waals surface area contributed by atoms with Gasteiger partial charge in [0.25, 0.3) is 0 Å². The number of aromatic nitrogens is 1. The second-order valence-corrected chi connectivity index (χ2v) is 7.11. The fraction of sp³-hybridized carbons (Fsp3) is 0.706. The van der Waals surface area contributed by atoms with Gasteiger partial charge in [-0.05, 0) is 58.7 Å². The summed E-state index contributed by atoms with van der Waals surface area (Å²) in [5.74, 6) is 0.445. The lowest BCUT2D eigenvalue weighted by atomic mass is 9.79. The fourth-order valence-electron chi connectivity index (χ4n) is 3.58. The first-order valence-electron chi connectivity index (χ1n) is 7.60. The highest BCUT2D eigenvalue weighted by Gasteiger charge is 2.49. The van der Waals surface area contributed by atoms with E-state index in [2.05, 4.69) is 57.9 Å². The summed E-state index contributed by atoms with van der Waals surface area (Å²) in [6, 6.07) is 2.53. The highest BCUT2D eigenvalue weighted by Crippen LogP contribution is 2.47. The standard InChI is InChI=1S/C17H28N2O/c1-7-19-15(13-8-12(2)10-18-11-13)14-9-16(3,4)20-17(14,5)6/h8,10-11,14-15,19H,7,9H2,1-6H3. The summed E-state index contributed by atoms with van der Waals surface area (Å²) >= 11 is 0. The molecule has 0 saturated carbocycles. The van der Waals surface area contributed by atoms with Crippen molar-refractivity contribution in [1.29, 1.82) is 0 Å². The van der Waals surface area contributed by atoms with Crippen LogP contribution >= 0.6 is 0 Å². The molecular formula is C17H28N2O. The minimum atomic E-state index is -0.125. The van der Waals surface area contributed by atoms with Crippen LogP contribution in [0.5, 0.6) is 0 Å². The first kappa shape index (κ1) is 15.5. The Morgan fingerprint density at radius 3 is 2.55 bits per heavy atom. The summed E-state index contributed by atoms with van der Waals surface area (Å²) in [5.41, 5.74) is 2.30. The molecule has 0 spiro atoms. The molecule has 112 valence electrons. The Labute approximate surface area is 123 Å². The molecule has 0 aliphatic carbocycles. The third-order valence-corrected chi connectivity index (χ3v) is 4.23. The van der Waals surface area contributed by atoms with E-state index in [0.29, 0.717) is 12.0 Å². The lowest BCUT2D eigenvalue weighted by Crippen LogP contribution is -2.38. The van der Waals surface area contributed by atoms with Crippen LogP contribution in [0.25, 0.3) is 0 Å². The molecule has 1 aliphatic rings. The summed E-state index contributed by atoms with van der Waals surface area (Å²) in [5, 5.41) is 3.64. The summed E-state index contributed by atoms with van der Waals surface area (Å²) in [7, 11) is 0. The normalized spacial score (nSPS) is 25.6. The van der Waals surface area contributed by atoms with E-state index in [9.17, 15) is 0 Å². The molecule has 1 aliphatic heterocycles. The molecule has 1 fully saturated rings. The van der Waals surface area contributed by atoms with Crippen LogP contribution in [0.4, 0.5) is 0 Å². The molecule has 2 heterocycles. The lowest BCUT2D eigenvalue weighted by molar-refractivity contribution is -0.0778. The van der Waals surface area contributed by atoms with Gasteiger partial charge < -0.3 is 10.1 Å².